The molecule has 0 aliphatic heterocycles. The Labute approximate surface area is 97.5 Å². The standard InChI is InChI=1S/C8H16.C7H14/c1-6(2)8(5)7(3)4;1-6(2)5-7(3)4/h6H,1-5H3;5-6H,1-4H3. The number of allylic oxidation sites excluding steroid dienone is 4. The molecule has 0 aromatic heterocycles. The molecular weight excluding hydrogens is 180 g/mol. The molecule has 0 unspecified atom stereocenters. The predicted molar refractivity (Wildman–Crippen MR) is 73.2 cm³/mol. The molecule has 0 aromatic rings. The lowest BCUT2D eigenvalue weighted by atomic mass is 10.0. The van der Waals surface area contributed by atoms with E-state index in [9.17, 15) is 0 Å². The normalized spacial score (nSPS) is 9.53. The first kappa shape index (κ1) is 16.9. The highest BCUT2D eigenvalue weighted by molar-refractivity contribution is 5.08. The van der Waals surface area contributed by atoms with Crippen LogP contribution in [0.1, 0.15) is 62.3 Å². The van der Waals surface area contributed by atoms with E-state index in [1.807, 2.05) is 0 Å². The van der Waals surface area contributed by atoms with Gasteiger partial charge in [-0.3, -0.25) is 0 Å². The molecule has 0 aromatic carbocycles. The van der Waals surface area contributed by atoms with Gasteiger partial charge < -0.3 is 0 Å². The summed E-state index contributed by atoms with van der Waals surface area (Å²) in [6.07, 6.45) is 2.25. The zero-order chi connectivity index (χ0) is 12.6. The molecule has 0 spiro atoms. The van der Waals surface area contributed by atoms with Crippen LogP contribution in [-0.2, 0) is 0 Å². The van der Waals surface area contributed by atoms with E-state index < -0.39 is 0 Å². The van der Waals surface area contributed by atoms with Gasteiger partial charge in [-0.15, -0.1) is 0 Å². The van der Waals surface area contributed by atoms with Gasteiger partial charge in [-0.05, 0) is 46.5 Å². The Morgan fingerprint density at radius 3 is 1.20 bits per heavy atom. The summed E-state index contributed by atoms with van der Waals surface area (Å²) in [6.45, 7) is 19.6. The third kappa shape index (κ3) is 13.5. The third-order valence-corrected chi connectivity index (χ3v) is 2.32. The van der Waals surface area contributed by atoms with Gasteiger partial charge >= 0.3 is 0 Å². The molecule has 0 fully saturated rings. The molecule has 0 nitrogen and oxygen atoms in total. The van der Waals surface area contributed by atoms with Crippen molar-refractivity contribution in [3.8, 4) is 0 Å². The monoisotopic (exact) mass is 210 g/mol. The summed E-state index contributed by atoms with van der Waals surface area (Å²) in [6, 6.07) is 0. The van der Waals surface area contributed by atoms with Crippen LogP contribution < -0.4 is 0 Å². The van der Waals surface area contributed by atoms with Crippen LogP contribution in [0.15, 0.2) is 22.8 Å². The summed E-state index contributed by atoms with van der Waals surface area (Å²) in [7, 11) is 0. The largest absolute Gasteiger partial charge is 0.0833 e. The van der Waals surface area contributed by atoms with Gasteiger partial charge in [0.05, 0.1) is 0 Å². The maximum atomic E-state index is 2.25. The quantitative estimate of drug-likeness (QED) is 0.520. The second-order valence-electron chi connectivity index (χ2n) is 5.33. The van der Waals surface area contributed by atoms with Crippen molar-refractivity contribution in [3.63, 3.8) is 0 Å². The van der Waals surface area contributed by atoms with Crippen molar-refractivity contribution in [2.45, 2.75) is 62.3 Å². The van der Waals surface area contributed by atoms with Crippen molar-refractivity contribution in [2.75, 3.05) is 0 Å². The predicted octanol–water partition coefficient (Wildman–Crippen LogP) is 5.61. The number of rotatable bonds is 2. The van der Waals surface area contributed by atoms with E-state index >= 15 is 0 Å². The van der Waals surface area contributed by atoms with Crippen LogP contribution in [0.4, 0.5) is 0 Å². The molecule has 0 heterocycles. The molecule has 0 heteroatoms. The Morgan fingerprint density at radius 1 is 0.800 bits per heavy atom. The highest BCUT2D eigenvalue weighted by Crippen LogP contribution is 2.11. The van der Waals surface area contributed by atoms with Gasteiger partial charge in [-0.2, -0.15) is 0 Å². The zero-order valence-electron chi connectivity index (χ0n) is 12.2. The Morgan fingerprint density at radius 2 is 1.20 bits per heavy atom. The Balaban J connectivity index is 0. The molecule has 0 atom stereocenters. The van der Waals surface area contributed by atoms with E-state index in [0.717, 1.165) is 5.92 Å². The fourth-order valence-electron chi connectivity index (χ4n) is 1.24. The maximum absolute atomic E-state index is 2.25. The fourth-order valence-corrected chi connectivity index (χ4v) is 1.24. The van der Waals surface area contributed by atoms with Crippen LogP contribution in [0.5, 0.6) is 0 Å². The molecule has 0 rings (SSSR count). The van der Waals surface area contributed by atoms with Crippen LogP contribution >= 0.6 is 0 Å². The van der Waals surface area contributed by atoms with Crippen LogP contribution in [0.25, 0.3) is 0 Å². The van der Waals surface area contributed by atoms with Gasteiger partial charge in [0, 0.05) is 0 Å². The minimum atomic E-state index is 0.713. The van der Waals surface area contributed by atoms with Gasteiger partial charge in [0.15, 0.2) is 0 Å². The van der Waals surface area contributed by atoms with Crippen molar-refractivity contribution in [2.24, 2.45) is 11.8 Å². The molecule has 15 heavy (non-hydrogen) atoms. The highest BCUT2D eigenvalue weighted by Gasteiger charge is 1.95. The SMILES string of the molecule is CC(C)=C(C)C(C)C.CC(C)=CC(C)C. The smallest absolute Gasteiger partial charge is 0.0260 e. The van der Waals surface area contributed by atoms with Crippen molar-refractivity contribution < 1.29 is 0 Å². The topological polar surface area (TPSA) is 0 Å². The first-order valence-corrected chi connectivity index (χ1v) is 5.97. The summed E-state index contributed by atoms with van der Waals surface area (Å²) >= 11 is 0. The van der Waals surface area contributed by atoms with Crippen molar-refractivity contribution in [1.29, 1.82) is 0 Å². The van der Waals surface area contributed by atoms with Gasteiger partial charge in [-0.25, -0.2) is 0 Å². The van der Waals surface area contributed by atoms with E-state index in [0.29, 0.717) is 5.92 Å². The van der Waals surface area contributed by atoms with E-state index in [-0.39, 0.29) is 0 Å². The zero-order valence-corrected chi connectivity index (χ0v) is 12.2. The highest BCUT2D eigenvalue weighted by atomic mass is 14.0. The molecule has 0 aliphatic carbocycles. The first-order valence-electron chi connectivity index (χ1n) is 5.97. The summed E-state index contributed by atoms with van der Waals surface area (Å²) in [4.78, 5) is 0. The van der Waals surface area contributed by atoms with Gasteiger partial charge in [0.2, 0.25) is 0 Å². The molecule has 0 saturated heterocycles. The second kappa shape index (κ2) is 8.76. The molecule has 0 amide bonds. The van der Waals surface area contributed by atoms with Gasteiger partial charge in [0.25, 0.3) is 0 Å². The lowest BCUT2D eigenvalue weighted by Gasteiger charge is -2.05. The van der Waals surface area contributed by atoms with Crippen LogP contribution in [-0.4, -0.2) is 0 Å². The second-order valence-corrected chi connectivity index (χ2v) is 5.33. The molecule has 90 valence electrons. The summed E-state index contributed by atoms with van der Waals surface area (Å²) in [5, 5.41) is 0. The molecular formula is C15H30. The van der Waals surface area contributed by atoms with Crippen molar-refractivity contribution >= 4 is 0 Å². The fraction of sp³-hybridized carbons (Fsp3) is 0.733. The average Bonchev–Trinajstić information content (AvgIpc) is 2.00. The lowest BCUT2D eigenvalue weighted by Crippen LogP contribution is -1.89. The molecule has 0 bridgehead atoms. The molecule has 0 saturated carbocycles. The Bertz CT molecular complexity index is 206. The van der Waals surface area contributed by atoms with Crippen LogP contribution in [0.3, 0.4) is 0 Å². The van der Waals surface area contributed by atoms with Gasteiger partial charge in [0.1, 0.15) is 0 Å². The van der Waals surface area contributed by atoms with E-state index in [4.69, 9.17) is 0 Å². The minimum absolute atomic E-state index is 0.713. The van der Waals surface area contributed by atoms with Gasteiger partial charge in [-0.1, -0.05) is 50.5 Å². The van der Waals surface area contributed by atoms with Crippen LogP contribution in [0.2, 0.25) is 0 Å². The minimum Gasteiger partial charge on any atom is -0.0833 e. The summed E-state index contributed by atoms with van der Waals surface area (Å²) in [5.74, 6) is 1.44. The van der Waals surface area contributed by atoms with E-state index in [2.05, 4.69) is 68.4 Å². The number of hydrogen-bond donors (Lipinski definition) is 0. The first-order chi connectivity index (χ1) is 6.68. The Hall–Kier alpha value is -0.520. The van der Waals surface area contributed by atoms with Crippen LogP contribution in [0, 0.1) is 11.8 Å². The maximum Gasteiger partial charge on any atom is -0.0260 e. The molecule has 0 N–H and O–H groups in total. The average molecular weight is 210 g/mol. The van der Waals surface area contributed by atoms with E-state index in [1.165, 1.54) is 16.7 Å². The van der Waals surface area contributed by atoms with Crippen molar-refractivity contribution in [3.05, 3.63) is 22.8 Å². The lowest BCUT2D eigenvalue weighted by molar-refractivity contribution is 0.756. The Kier molecular flexibility index (Phi) is 9.87. The molecule has 0 radical (unpaired) electrons. The summed E-state index contributed by atoms with van der Waals surface area (Å²) in [5.41, 5.74) is 4.39. The summed E-state index contributed by atoms with van der Waals surface area (Å²) < 4.78 is 0. The third-order valence-electron chi connectivity index (χ3n) is 2.32. The van der Waals surface area contributed by atoms with Crippen molar-refractivity contribution in [1.82, 2.24) is 0 Å². The van der Waals surface area contributed by atoms with E-state index in [1.54, 1.807) is 0 Å². The molecule has 0 aliphatic rings. The number of hydrogen-bond acceptors (Lipinski definition) is 0.